The van der Waals surface area contributed by atoms with Gasteiger partial charge in [-0.25, -0.2) is 9.97 Å². The Morgan fingerprint density at radius 3 is 2.29 bits per heavy atom. The summed E-state index contributed by atoms with van der Waals surface area (Å²) >= 11 is 0. The van der Waals surface area contributed by atoms with E-state index in [-0.39, 0.29) is 0 Å². The average Bonchev–Trinajstić information content (AvgIpc) is 2.40. The summed E-state index contributed by atoms with van der Waals surface area (Å²) in [5.41, 5.74) is 2.79. The van der Waals surface area contributed by atoms with Crippen LogP contribution in [0.4, 0.5) is 0 Å². The van der Waals surface area contributed by atoms with Gasteiger partial charge in [0, 0.05) is 18.0 Å². The molecule has 0 spiro atoms. The van der Waals surface area contributed by atoms with Crippen LogP contribution < -0.4 is 0 Å². The molecule has 2 aromatic rings. The summed E-state index contributed by atoms with van der Waals surface area (Å²) in [5, 5.41) is 8.66. The molecule has 0 atom stereocenters. The molecule has 84 valence electrons. The normalized spacial score (nSPS) is 9.88. The van der Waals surface area contributed by atoms with Crippen LogP contribution in [-0.2, 0) is 6.42 Å². The SMILES string of the molecule is CCCc1ccc(-c2ncc(C#N)cn2)cc1. The Labute approximate surface area is 101 Å². The van der Waals surface area contributed by atoms with Crippen LogP contribution in [0.5, 0.6) is 0 Å². The molecule has 0 bridgehead atoms. The Morgan fingerprint density at radius 2 is 1.76 bits per heavy atom. The molecule has 0 saturated carbocycles. The first-order chi connectivity index (χ1) is 8.33. The highest BCUT2D eigenvalue weighted by Crippen LogP contribution is 2.15. The molecule has 0 saturated heterocycles. The van der Waals surface area contributed by atoms with Gasteiger partial charge in [0.2, 0.25) is 0 Å². The van der Waals surface area contributed by atoms with E-state index in [1.54, 1.807) is 12.4 Å². The average molecular weight is 223 g/mol. The second-order valence-corrected chi connectivity index (χ2v) is 3.85. The number of aromatic nitrogens is 2. The Morgan fingerprint density at radius 1 is 1.12 bits per heavy atom. The number of rotatable bonds is 3. The lowest BCUT2D eigenvalue weighted by atomic mass is 10.1. The van der Waals surface area contributed by atoms with Gasteiger partial charge < -0.3 is 0 Å². The van der Waals surface area contributed by atoms with Crippen LogP contribution in [0.25, 0.3) is 11.4 Å². The molecule has 3 heteroatoms. The van der Waals surface area contributed by atoms with E-state index in [0.717, 1.165) is 18.4 Å². The van der Waals surface area contributed by atoms with Crippen LogP contribution in [0.3, 0.4) is 0 Å². The molecule has 0 aliphatic carbocycles. The van der Waals surface area contributed by atoms with Crippen LogP contribution in [0.15, 0.2) is 36.7 Å². The van der Waals surface area contributed by atoms with Gasteiger partial charge in [-0.3, -0.25) is 0 Å². The third kappa shape index (κ3) is 2.67. The summed E-state index contributed by atoms with van der Waals surface area (Å²) in [7, 11) is 0. The van der Waals surface area contributed by atoms with E-state index in [2.05, 4.69) is 29.0 Å². The summed E-state index contributed by atoms with van der Waals surface area (Å²) in [5.74, 6) is 0.659. The van der Waals surface area contributed by atoms with Gasteiger partial charge in [0.15, 0.2) is 5.82 Å². The number of hydrogen-bond acceptors (Lipinski definition) is 3. The van der Waals surface area contributed by atoms with Gasteiger partial charge in [-0.1, -0.05) is 37.6 Å². The van der Waals surface area contributed by atoms with Gasteiger partial charge in [0.05, 0.1) is 5.56 Å². The molecule has 0 N–H and O–H groups in total. The Bertz CT molecular complexity index is 521. The molecule has 2 rings (SSSR count). The van der Waals surface area contributed by atoms with Gasteiger partial charge >= 0.3 is 0 Å². The van der Waals surface area contributed by atoms with E-state index < -0.39 is 0 Å². The van der Waals surface area contributed by atoms with Crippen molar-refractivity contribution < 1.29 is 0 Å². The lowest BCUT2D eigenvalue weighted by Gasteiger charge is -2.02. The molecule has 1 heterocycles. The highest BCUT2D eigenvalue weighted by molar-refractivity contribution is 5.55. The molecule has 1 aromatic carbocycles. The van der Waals surface area contributed by atoms with E-state index >= 15 is 0 Å². The third-order valence-electron chi connectivity index (χ3n) is 2.53. The van der Waals surface area contributed by atoms with Crippen molar-refractivity contribution in [2.24, 2.45) is 0 Å². The van der Waals surface area contributed by atoms with Crippen molar-refractivity contribution >= 4 is 0 Å². The predicted octanol–water partition coefficient (Wildman–Crippen LogP) is 2.97. The van der Waals surface area contributed by atoms with Crippen molar-refractivity contribution in [3.05, 3.63) is 47.8 Å². The summed E-state index contributed by atoms with van der Waals surface area (Å²) in [4.78, 5) is 8.32. The topological polar surface area (TPSA) is 49.6 Å². The lowest BCUT2D eigenvalue weighted by molar-refractivity contribution is 0.922. The molecule has 0 radical (unpaired) electrons. The summed E-state index contributed by atoms with van der Waals surface area (Å²) < 4.78 is 0. The van der Waals surface area contributed by atoms with Crippen molar-refractivity contribution in [1.29, 1.82) is 5.26 Å². The van der Waals surface area contributed by atoms with Gasteiger partial charge in [-0.2, -0.15) is 5.26 Å². The maximum atomic E-state index is 8.66. The zero-order chi connectivity index (χ0) is 12.1. The molecule has 0 aliphatic rings. The van der Waals surface area contributed by atoms with E-state index in [1.165, 1.54) is 5.56 Å². The van der Waals surface area contributed by atoms with Gasteiger partial charge in [0.25, 0.3) is 0 Å². The Hall–Kier alpha value is -2.21. The third-order valence-corrected chi connectivity index (χ3v) is 2.53. The predicted molar refractivity (Wildman–Crippen MR) is 66.2 cm³/mol. The van der Waals surface area contributed by atoms with Gasteiger partial charge in [0.1, 0.15) is 6.07 Å². The minimum atomic E-state index is 0.483. The number of benzene rings is 1. The van der Waals surface area contributed by atoms with Crippen molar-refractivity contribution in [2.75, 3.05) is 0 Å². The second-order valence-electron chi connectivity index (χ2n) is 3.85. The van der Waals surface area contributed by atoms with Crippen molar-refractivity contribution in [3.8, 4) is 17.5 Å². The fraction of sp³-hybridized carbons (Fsp3) is 0.214. The monoisotopic (exact) mass is 223 g/mol. The largest absolute Gasteiger partial charge is 0.235 e. The zero-order valence-corrected chi connectivity index (χ0v) is 9.72. The molecule has 0 fully saturated rings. The molecular formula is C14H13N3. The van der Waals surface area contributed by atoms with E-state index in [0.29, 0.717) is 11.4 Å². The maximum Gasteiger partial charge on any atom is 0.159 e. The van der Waals surface area contributed by atoms with Crippen LogP contribution in [0.2, 0.25) is 0 Å². The standard InChI is InChI=1S/C14H13N3/c1-2-3-11-4-6-13(7-5-11)14-16-9-12(8-15)10-17-14/h4-7,9-10H,2-3H2,1H3. The summed E-state index contributed by atoms with van der Waals surface area (Å²) in [6, 6.07) is 10.2. The number of nitrogens with zero attached hydrogens (tertiary/aromatic N) is 3. The van der Waals surface area contributed by atoms with Crippen LogP contribution >= 0.6 is 0 Å². The number of aryl methyl sites for hydroxylation is 1. The zero-order valence-electron chi connectivity index (χ0n) is 9.72. The fourth-order valence-corrected chi connectivity index (χ4v) is 1.64. The van der Waals surface area contributed by atoms with Gasteiger partial charge in [-0.05, 0) is 12.0 Å². The van der Waals surface area contributed by atoms with E-state index in [1.807, 2.05) is 18.2 Å². The molecule has 17 heavy (non-hydrogen) atoms. The van der Waals surface area contributed by atoms with Crippen molar-refractivity contribution in [1.82, 2.24) is 9.97 Å². The molecule has 0 aliphatic heterocycles. The quantitative estimate of drug-likeness (QED) is 0.803. The first-order valence-corrected chi connectivity index (χ1v) is 5.65. The minimum Gasteiger partial charge on any atom is -0.235 e. The maximum absolute atomic E-state index is 8.66. The first-order valence-electron chi connectivity index (χ1n) is 5.65. The van der Waals surface area contributed by atoms with Crippen LogP contribution in [-0.4, -0.2) is 9.97 Å². The molecule has 3 nitrogen and oxygen atoms in total. The number of nitriles is 1. The number of hydrogen-bond donors (Lipinski definition) is 0. The molecule has 0 amide bonds. The summed E-state index contributed by atoms with van der Waals surface area (Å²) in [6.07, 6.45) is 5.33. The molecule has 0 unspecified atom stereocenters. The van der Waals surface area contributed by atoms with E-state index in [9.17, 15) is 0 Å². The first kappa shape index (κ1) is 11.3. The van der Waals surface area contributed by atoms with Gasteiger partial charge in [-0.15, -0.1) is 0 Å². The second kappa shape index (κ2) is 5.22. The van der Waals surface area contributed by atoms with E-state index in [4.69, 9.17) is 5.26 Å². The fourth-order valence-electron chi connectivity index (χ4n) is 1.64. The highest BCUT2D eigenvalue weighted by atomic mass is 14.9. The lowest BCUT2D eigenvalue weighted by Crippen LogP contribution is -1.90. The smallest absolute Gasteiger partial charge is 0.159 e. The highest BCUT2D eigenvalue weighted by Gasteiger charge is 2.01. The molecular weight excluding hydrogens is 210 g/mol. The minimum absolute atomic E-state index is 0.483. The van der Waals surface area contributed by atoms with Crippen molar-refractivity contribution in [2.45, 2.75) is 19.8 Å². The van der Waals surface area contributed by atoms with Crippen molar-refractivity contribution in [3.63, 3.8) is 0 Å². The van der Waals surface area contributed by atoms with Crippen LogP contribution in [0, 0.1) is 11.3 Å². The van der Waals surface area contributed by atoms with Crippen LogP contribution in [0.1, 0.15) is 24.5 Å². The Kier molecular flexibility index (Phi) is 3.46. The molecule has 1 aromatic heterocycles. The Balaban J connectivity index is 2.24. The summed E-state index contributed by atoms with van der Waals surface area (Å²) in [6.45, 7) is 2.16.